The molecule has 0 saturated heterocycles. The minimum absolute atomic E-state index is 0.160. The summed E-state index contributed by atoms with van der Waals surface area (Å²) in [5.74, 6) is 1.17. The Morgan fingerprint density at radius 1 is 0.949 bits per heavy atom. The molecule has 0 saturated carbocycles. The molecule has 6 aromatic rings. The van der Waals surface area contributed by atoms with Crippen molar-refractivity contribution in [3.05, 3.63) is 100 Å². The van der Waals surface area contributed by atoms with Crippen molar-refractivity contribution >= 4 is 34.1 Å². The number of nitrogens with two attached hydrogens (primary N) is 1. The van der Waals surface area contributed by atoms with Crippen molar-refractivity contribution in [2.24, 2.45) is 0 Å². The first-order chi connectivity index (χ1) is 19.0. The van der Waals surface area contributed by atoms with Gasteiger partial charge >= 0.3 is 0 Å². The van der Waals surface area contributed by atoms with E-state index in [-0.39, 0.29) is 17.9 Å². The van der Waals surface area contributed by atoms with Gasteiger partial charge in [0.1, 0.15) is 29.4 Å². The van der Waals surface area contributed by atoms with Gasteiger partial charge in [-0.15, -0.1) is 0 Å². The van der Waals surface area contributed by atoms with E-state index in [9.17, 15) is 9.59 Å². The van der Waals surface area contributed by atoms with E-state index in [0.717, 1.165) is 16.5 Å². The van der Waals surface area contributed by atoms with Crippen molar-refractivity contribution < 1.29 is 9.53 Å². The molecule has 0 radical (unpaired) electrons. The van der Waals surface area contributed by atoms with E-state index in [1.807, 2.05) is 56.3 Å². The molecule has 2 aromatic carbocycles. The van der Waals surface area contributed by atoms with E-state index in [0.29, 0.717) is 51.4 Å². The molecule has 6 rings (SSSR count). The van der Waals surface area contributed by atoms with Crippen LogP contribution in [0.25, 0.3) is 38.9 Å². The van der Waals surface area contributed by atoms with Crippen molar-refractivity contribution in [3.8, 4) is 22.8 Å². The Kier molecular flexibility index (Phi) is 5.84. The molecule has 4 heterocycles. The lowest BCUT2D eigenvalue weighted by molar-refractivity contribution is -0.120. The number of fused-ring (bicyclic) bond motifs is 2. The first kappa shape index (κ1) is 24.0. The van der Waals surface area contributed by atoms with Crippen molar-refractivity contribution in [1.29, 1.82) is 0 Å². The Balaban J connectivity index is 1.60. The van der Waals surface area contributed by atoms with E-state index in [1.54, 1.807) is 33.6 Å². The van der Waals surface area contributed by atoms with Crippen LogP contribution in [0.15, 0.2) is 78.0 Å². The zero-order chi connectivity index (χ0) is 27.1. The van der Waals surface area contributed by atoms with Gasteiger partial charge in [0.25, 0.3) is 12.0 Å². The molecule has 39 heavy (non-hydrogen) atoms. The van der Waals surface area contributed by atoms with Crippen LogP contribution in [0, 0.1) is 13.8 Å². The zero-order valence-electron chi connectivity index (χ0n) is 21.2. The molecule has 0 bridgehead atoms. The molecule has 0 fully saturated rings. The lowest BCUT2D eigenvalue weighted by Crippen LogP contribution is -2.26. The number of rotatable bonds is 6. The second kappa shape index (κ2) is 9.49. The summed E-state index contributed by atoms with van der Waals surface area (Å²) in [5, 5.41) is 6.87. The van der Waals surface area contributed by atoms with Gasteiger partial charge in [0.05, 0.1) is 23.0 Å². The molecule has 10 nitrogen and oxygen atoms in total. The molecule has 0 aliphatic heterocycles. The van der Waals surface area contributed by atoms with Crippen LogP contribution in [0.4, 0.5) is 5.82 Å². The first-order valence-electron chi connectivity index (χ1n) is 12.2. The number of benzene rings is 2. The Morgan fingerprint density at radius 2 is 1.77 bits per heavy atom. The van der Waals surface area contributed by atoms with E-state index in [2.05, 4.69) is 15.0 Å². The van der Waals surface area contributed by atoms with Gasteiger partial charge in [-0.1, -0.05) is 36.4 Å². The summed E-state index contributed by atoms with van der Waals surface area (Å²) in [5.41, 5.74) is 10.3. The standard InChI is InChI=1S/C29H23N7O3/c1-17-6-3-8-19-12-21(36(29(38)23(17)19)27-18(2)7-5-11-31-27)14-35-28-24(26(30)32-15-33-28)25(34-35)20-9-4-10-22(13-20)39-16-37/h3-13,15-16H,14H2,1-2H3,(H2,30,32,33). The van der Waals surface area contributed by atoms with E-state index in [4.69, 9.17) is 15.6 Å². The predicted octanol–water partition coefficient (Wildman–Crippen LogP) is 3.97. The quantitative estimate of drug-likeness (QED) is 0.328. The fourth-order valence-electron chi connectivity index (χ4n) is 4.92. The minimum Gasteiger partial charge on any atom is -0.429 e. The maximum Gasteiger partial charge on any atom is 0.298 e. The molecule has 0 atom stereocenters. The smallest absolute Gasteiger partial charge is 0.298 e. The van der Waals surface area contributed by atoms with Crippen molar-refractivity contribution in [1.82, 2.24) is 29.3 Å². The van der Waals surface area contributed by atoms with Gasteiger partial charge in [-0.3, -0.25) is 14.2 Å². The van der Waals surface area contributed by atoms with E-state index in [1.165, 1.54) is 6.33 Å². The molecule has 0 amide bonds. The van der Waals surface area contributed by atoms with Gasteiger partial charge in [-0.2, -0.15) is 5.10 Å². The maximum absolute atomic E-state index is 14.0. The van der Waals surface area contributed by atoms with Crippen LogP contribution in [-0.4, -0.2) is 35.8 Å². The fourth-order valence-corrected chi connectivity index (χ4v) is 4.92. The number of hydrogen-bond acceptors (Lipinski definition) is 8. The molecule has 0 aliphatic carbocycles. The largest absolute Gasteiger partial charge is 0.429 e. The average Bonchev–Trinajstić information content (AvgIpc) is 3.29. The van der Waals surface area contributed by atoms with Crippen LogP contribution in [0.3, 0.4) is 0 Å². The summed E-state index contributed by atoms with van der Waals surface area (Å²) in [6.45, 7) is 4.42. The van der Waals surface area contributed by atoms with Gasteiger partial charge in [-0.05, 0) is 54.6 Å². The highest BCUT2D eigenvalue weighted by Crippen LogP contribution is 2.32. The molecular weight excluding hydrogens is 494 g/mol. The number of nitrogen functional groups attached to an aromatic ring is 1. The van der Waals surface area contributed by atoms with Crippen LogP contribution in [-0.2, 0) is 11.3 Å². The summed E-state index contributed by atoms with van der Waals surface area (Å²) in [4.78, 5) is 38.1. The Morgan fingerprint density at radius 3 is 2.59 bits per heavy atom. The number of carbonyl (C=O) groups excluding carboxylic acids is 1. The third-order valence-corrected chi connectivity index (χ3v) is 6.69. The van der Waals surface area contributed by atoms with Crippen molar-refractivity contribution in [3.63, 3.8) is 0 Å². The van der Waals surface area contributed by atoms with Gasteiger partial charge in [-0.25, -0.2) is 19.6 Å². The molecule has 10 heteroatoms. The number of nitrogens with zero attached hydrogens (tertiary/aromatic N) is 6. The van der Waals surface area contributed by atoms with Crippen LogP contribution >= 0.6 is 0 Å². The lowest BCUT2D eigenvalue weighted by atomic mass is 10.1. The summed E-state index contributed by atoms with van der Waals surface area (Å²) in [7, 11) is 0. The number of hydrogen-bond donors (Lipinski definition) is 1. The minimum atomic E-state index is -0.160. The molecule has 2 N–H and O–H groups in total. The number of anilines is 1. The second-order valence-corrected chi connectivity index (χ2v) is 9.16. The second-order valence-electron chi connectivity index (χ2n) is 9.16. The van der Waals surface area contributed by atoms with E-state index >= 15 is 0 Å². The first-order valence-corrected chi connectivity index (χ1v) is 12.2. The monoisotopic (exact) mass is 517 g/mol. The SMILES string of the molecule is Cc1cccnc1-n1c(Cn2nc(-c3cccc(OC=O)c3)c3c(N)ncnc32)cc2cccc(C)c2c1=O. The van der Waals surface area contributed by atoms with E-state index < -0.39 is 0 Å². The van der Waals surface area contributed by atoms with Gasteiger partial charge in [0.15, 0.2) is 5.65 Å². The highest BCUT2D eigenvalue weighted by atomic mass is 16.5. The average molecular weight is 518 g/mol. The molecule has 192 valence electrons. The van der Waals surface area contributed by atoms with Gasteiger partial charge in [0.2, 0.25) is 0 Å². The number of aromatic nitrogens is 6. The number of ether oxygens (including phenoxy) is 1. The third kappa shape index (κ3) is 4.08. The Labute approximate surface area is 222 Å². The van der Waals surface area contributed by atoms with Crippen molar-refractivity contribution in [2.75, 3.05) is 5.73 Å². The number of aryl methyl sites for hydroxylation is 2. The number of carbonyl (C=O) groups is 1. The fraction of sp³-hybridized carbons (Fsp3) is 0.103. The molecular formula is C29H23N7O3. The highest BCUT2D eigenvalue weighted by molar-refractivity contribution is 5.98. The molecule has 4 aromatic heterocycles. The van der Waals surface area contributed by atoms with Crippen LogP contribution < -0.4 is 16.0 Å². The number of pyridine rings is 2. The summed E-state index contributed by atoms with van der Waals surface area (Å²) < 4.78 is 8.37. The summed E-state index contributed by atoms with van der Waals surface area (Å²) in [6, 6.07) is 18.5. The van der Waals surface area contributed by atoms with Gasteiger partial charge in [0, 0.05) is 11.8 Å². The Bertz CT molecular complexity index is 1960. The van der Waals surface area contributed by atoms with Crippen LogP contribution in [0.2, 0.25) is 0 Å². The normalized spacial score (nSPS) is 11.2. The van der Waals surface area contributed by atoms with Crippen LogP contribution in [0.5, 0.6) is 5.75 Å². The molecule has 0 spiro atoms. The van der Waals surface area contributed by atoms with Gasteiger partial charge < -0.3 is 10.5 Å². The molecule has 0 unspecified atom stereocenters. The Hall–Kier alpha value is -5.38. The lowest BCUT2D eigenvalue weighted by Gasteiger charge is -2.16. The van der Waals surface area contributed by atoms with Crippen LogP contribution in [0.1, 0.15) is 16.8 Å². The molecule has 0 aliphatic rings. The third-order valence-electron chi connectivity index (χ3n) is 6.69. The summed E-state index contributed by atoms with van der Waals surface area (Å²) in [6.07, 6.45) is 3.05. The maximum atomic E-state index is 14.0. The van der Waals surface area contributed by atoms with Crippen molar-refractivity contribution in [2.45, 2.75) is 20.4 Å². The topological polar surface area (TPSA) is 131 Å². The predicted molar refractivity (Wildman–Crippen MR) is 148 cm³/mol. The highest BCUT2D eigenvalue weighted by Gasteiger charge is 2.21. The zero-order valence-corrected chi connectivity index (χ0v) is 21.2. The summed E-state index contributed by atoms with van der Waals surface area (Å²) >= 11 is 0.